The topological polar surface area (TPSA) is 70.2 Å². The van der Waals surface area contributed by atoms with Crippen LogP contribution < -0.4 is 4.87 Å². The predicted molar refractivity (Wildman–Crippen MR) is 49.6 cm³/mol. The normalized spacial score (nSPS) is 15.6. The van der Waals surface area contributed by atoms with Gasteiger partial charge in [0.2, 0.25) is 0 Å². The van der Waals surface area contributed by atoms with E-state index in [2.05, 4.69) is 4.98 Å². The Kier molecular flexibility index (Phi) is 2.05. The summed E-state index contributed by atoms with van der Waals surface area (Å²) in [4.78, 5) is 36.4. The Bertz CT molecular complexity index is 453. The average molecular weight is 210 g/mol. The van der Waals surface area contributed by atoms with Crippen molar-refractivity contribution in [2.24, 2.45) is 0 Å². The highest BCUT2D eigenvalue weighted by molar-refractivity contribution is 7.07. The first-order valence-corrected chi connectivity index (χ1v) is 4.75. The first-order valence-electron chi connectivity index (χ1n) is 3.87. The zero-order valence-corrected chi connectivity index (χ0v) is 7.84. The summed E-state index contributed by atoms with van der Waals surface area (Å²) in [6.45, 7) is 0.128. The van der Waals surface area contributed by atoms with E-state index >= 15 is 0 Å². The fraction of sp³-hybridized carbons (Fsp3) is 0.125. The van der Waals surface area contributed by atoms with E-state index in [0.29, 0.717) is 5.69 Å². The SMILES string of the molecule is O=C1C=CC(=O)N1Cc1csc(=O)[nH]1. The first kappa shape index (κ1) is 8.89. The summed E-state index contributed by atoms with van der Waals surface area (Å²) in [6, 6.07) is 0. The molecule has 0 aliphatic carbocycles. The summed E-state index contributed by atoms with van der Waals surface area (Å²) in [5.74, 6) is -0.691. The number of nitrogens with zero attached hydrogens (tertiary/aromatic N) is 1. The maximum atomic E-state index is 11.1. The Hall–Kier alpha value is -1.69. The molecule has 1 aliphatic rings. The van der Waals surface area contributed by atoms with Gasteiger partial charge in [0.15, 0.2) is 0 Å². The van der Waals surface area contributed by atoms with Gasteiger partial charge in [-0.05, 0) is 0 Å². The zero-order valence-electron chi connectivity index (χ0n) is 7.02. The van der Waals surface area contributed by atoms with Gasteiger partial charge in [0.25, 0.3) is 11.8 Å². The van der Waals surface area contributed by atoms with Gasteiger partial charge in [0.1, 0.15) is 0 Å². The number of aromatic amines is 1. The predicted octanol–water partition coefficient (Wildman–Crippen LogP) is -0.139. The van der Waals surface area contributed by atoms with Crippen LogP contribution in [-0.4, -0.2) is 21.7 Å². The Morgan fingerprint density at radius 3 is 2.36 bits per heavy atom. The molecule has 0 saturated carbocycles. The summed E-state index contributed by atoms with van der Waals surface area (Å²) in [5.41, 5.74) is 0.574. The molecule has 1 N–H and O–H groups in total. The minimum atomic E-state index is -0.345. The highest BCUT2D eigenvalue weighted by Gasteiger charge is 2.23. The van der Waals surface area contributed by atoms with E-state index in [-0.39, 0.29) is 23.2 Å². The molecule has 1 aromatic rings. The summed E-state index contributed by atoms with van der Waals surface area (Å²) >= 11 is 1.01. The third kappa shape index (κ3) is 1.51. The molecule has 0 unspecified atom stereocenters. The van der Waals surface area contributed by atoms with Crippen LogP contribution in [0.15, 0.2) is 22.3 Å². The van der Waals surface area contributed by atoms with E-state index in [1.165, 1.54) is 12.2 Å². The molecule has 1 aliphatic heterocycles. The lowest BCUT2D eigenvalue weighted by molar-refractivity contribution is -0.137. The molecule has 0 radical (unpaired) electrons. The van der Waals surface area contributed by atoms with Crippen molar-refractivity contribution in [2.45, 2.75) is 6.54 Å². The van der Waals surface area contributed by atoms with E-state index < -0.39 is 0 Å². The van der Waals surface area contributed by atoms with Crippen molar-refractivity contribution in [1.82, 2.24) is 9.88 Å². The van der Waals surface area contributed by atoms with Gasteiger partial charge in [-0.1, -0.05) is 11.3 Å². The van der Waals surface area contributed by atoms with E-state index in [1.54, 1.807) is 5.38 Å². The van der Waals surface area contributed by atoms with E-state index in [4.69, 9.17) is 0 Å². The van der Waals surface area contributed by atoms with Gasteiger partial charge < -0.3 is 4.98 Å². The molecule has 2 rings (SSSR count). The summed E-state index contributed by atoms with van der Waals surface area (Å²) in [6.07, 6.45) is 2.43. The molecule has 0 fully saturated rings. The maximum absolute atomic E-state index is 11.1. The maximum Gasteiger partial charge on any atom is 0.304 e. The van der Waals surface area contributed by atoms with Gasteiger partial charge in [-0.2, -0.15) is 0 Å². The Labute approximate surface area is 82.7 Å². The Morgan fingerprint density at radius 2 is 1.86 bits per heavy atom. The van der Waals surface area contributed by atoms with Crippen molar-refractivity contribution in [3.8, 4) is 0 Å². The standard InChI is InChI=1S/C8H6N2O3S/c11-6-1-2-7(12)10(6)3-5-4-14-8(13)9-5/h1-2,4H,3H2,(H,9,13). The minimum absolute atomic E-state index is 0.128. The number of imide groups is 1. The number of thiazole rings is 1. The lowest BCUT2D eigenvalue weighted by Crippen LogP contribution is -2.29. The average Bonchev–Trinajstić information content (AvgIpc) is 2.67. The second kappa shape index (κ2) is 3.22. The van der Waals surface area contributed by atoms with Crippen molar-refractivity contribution in [1.29, 1.82) is 0 Å². The van der Waals surface area contributed by atoms with Crippen molar-refractivity contribution in [3.05, 3.63) is 32.9 Å². The quantitative estimate of drug-likeness (QED) is 0.691. The third-order valence-corrected chi connectivity index (χ3v) is 2.52. The van der Waals surface area contributed by atoms with Crippen LogP contribution >= 0.6 is 11.3 Å². The molecule has 0 bridgehead atoms. The van der Waals surface area contributed by atoms with Crippen LogP contribution in [0.3, 0.4) is 0 Å². The zero-order chi connectivity index (χ0) is 10.1. The second-order valence-electron chi connectivity index (χ2n) is 2.77. The van der Waals surface area contributed by atoms with Crippen molar-refractivity contribution >= 4 is 23.2 Å². The largest absolute Gasteiger partial charge is 0.315 e. The highest BCUT2D eigenvalue weighted by atomic mass is 32.1. The fourth-order valence-electron chi connectivity index (χ4n) is 1.15. The van der Waals surface area contributed by atoms with Crippen LogP contribution in [0.5, 0.6) is 0 Å². The van der Waals surface area contributed by atoms with Crippen LogP contribution in [0.2, 0.25) is 0 Å². The molecule has 5 nitrogen and oxygen atoms in total. The van der Waals surface area contributed by atoms with Gasteiger partial charge in [0.05, 0.1) is 6.54 Å². The molecule has 0 saturated heterocycles. The van der Waals surface area contributed by atoms with E-state index in [1.807, 2.05) is 0 Å². The van der Waals surface area contributed by atoms with Crippen molar-refractivity contribution < 1.29 is 9.59 Å². The number of aromatic nitrogens is 1. The van der Waals surface area contributed by atoms with E-state index in [9.17, 15) is 14.4 Å². The summed E-state index contributed by atoms with van der Waals surface area (Å²) < 4.78 is 0. The summed E-state index contributed by atoms with van der Waals surface area (Å²) in [7, 11) is 0. The van der Waals surface area contributed by atoms with Gasteiger partial charge in [-0.3, -0.25) is 19.3 Å². The molecule has 0 spiro atoms. The Balaban J connectivity index is 2.16. The minimum Gasteiger partial charge on any atom is -0.315 e. The molecular weight excluding hydrogens is 204 g/mol. The lowest BCUT2D eigenvalue weighted by atomic mass is 10.4. The van der Waals surface area contributed by atoms with Crippen LogP contribution in [0.1, 0.15) is 5.69 Å². The lowest BCUT2D eigenvalue weighted by Gasteiger charge is -2.11. The van der Waals surface area contributed by atoms with Gasteiger partial charge in [0, 0.05) is 23.2 Å². The summed E-state index contributed by atoms with van der Waals surface area (Å²) in [5, 5.41) is 1.60. The van der Waals surface area contributed by atoms with Crippen LogP contribution in [0, 0.1) is 0 Å². The van der Waals surface area contributed by atoms with Crippen LogP contribution in [-0.2, 0) is 16.1 Å². The van der Waals surface area contributed by atoms with Gasteiger partial charge in [-0.25, -0.2) is 0 Å². The van der Waals surface area contributed by atoms with Crippen molar-refractivity contribution in [3.63, 3.8) is 0 Å². The molecule has 2 heterocycles. The number of hydrogen-bond donors (Lipinski definition) is 1. The first-order chi connectivity index (χ1) is 6.66. The van der Waals surface area contributed by atoms with Gasteiger partial charge >= 0.3 is 4.87 Å². The second-order valence-corrected chi connectivity index (χ2v) is 3.61. The van der Waals surface area contributed by atoms with E-state index in [0.717, 1.165) is 16.2 Å². The number of nitrogens with one attached hydrogen (secondary N) is 1. The molecule has 1 aromatic heterocycles. The number of carbonyl (C=O) groups is 2. The fourth-order valence-corrected chi connectivity index (χ4v) is 1.72. The van der Waals surface area contributed by atoms with Crippen LogP contribution in [0.4, 0.5) is 0 Å². The third-order valence-electron chi connectivity index (χ3n) is 1.80. The molecule has 6 heteroatoms. The Morgan fingerprint density at radius 1 is 1.21 bits per heavy atom. The number of rotatable bonds is 2. The number of H-pyrrole nitrogens is 1. The van der Waals surface area contributed by atoms with Gasteiger partial charge in [-0.15, -0.1) is 0 Å². The monoisotopic (exact) mass is 210 g/mol. The molecule has 72 valence electrons. The number of carbonyl (C=O) groups excluding carboxylic acids is 2. The smallest absolute Gasteiger partial charge is 0.304 e. The van der Waals surface area contributed by atoms with Crippen molar-refractivity contribution in [2.75, 3.05) is 0 Å². The highest BCUT2D eigenvalue weighted by Crippen LogP contribution is 2.08. The number of hydrogen-bond acceptors (Lipinski definition) is 4. The molecule has 2 amide bonds. The molecular formula is C8H6N2O3S. The molecule has 0 aromatic carbocycles. The number of amides is 2. The van der Waals surface area contributed by atoms with Crippen LogP contribution in [0.25, 0.3) is 0 Å². The molecule has 14 heavy (non-hydrogen) atoms. The molecule has 0 atom stereocenters.